The van der Waals surface area contributed by atoms with Crippen molar-refractivity contribution in [1.82, 2.24) is 0 Å². The molecule has 0 heterocycles. The maximum Gasteiger partial charge on any atom is 0.259 e. The van der Waals surface area contributed by atoms with Gasteiger partial charge in [-0.3, -0.25) is 4.79 Å². The predicted molar refractivity (Wildman–Crippen MR) is 76.7 cm³/mol. The van der Waals surface area contributed by atoms with Crippen LogP contribution < -0.4 is 11.1 Å². The molecule has 0 aromatic heterocycles. The lowest BCUT2D eigenvalue weighted by molar-refractivity contribution is 0.102. The summed E-state index contributed by atoms with van der Waals surface area (Å²) in [4.78, 5) is 12.1. The lowest BCUT2D eigenvalue weighted by Gasteiger charge is -2.10. The van der Waals surface area contributed by atoms with Crippen molar-refractivity contribution in [3.8, 4) is 5.75 Å². The van der Waals surface area contributed by atoms with Gasteiger partial charge in [-0.25, -0.2) is 0 Å². The lowest BCUT2D eigenvalue weighted by atomic mass is 10.1. The predicted octanol–water partition coefficient (Wildman–Crippen LogP) is 3.19. The Morgan fingerprint density at radius 3 is 2.74 bits per heavy atom. The fourth-order valence-electron chi connectivity index (χ4n) is 1.70. The summed E-state index contributed by atoms with van der Waals surface area (Å²) in [5.41, 5.74) is 7.33. The van der Waals surface area contributed by atoms with Gasteiger partial charge >= 0.3 is 0 Å². The molecule has 0 aliphatic rings. The molecular formula is C14H13ClN2O2. The first kappa shape index (κ1) is 13.2. The van der Waals surface area contributed by atoms with Crippen LogP contribution in [0.3, 0.4) is 0 Å². The van der Waals surface area contributed by atoms with E-state index in [1.807, 2.05) is 6.92 Å². The van der Waals surface area contributed by atoms with E-state index in [0.717, 1.165) is 5.56 Å². The number of nitrogen functional groups attached to an aromatic ring is 1. The topological polar surface area (TPSA) is 75.4 Å². The molecule has 0 unspecified atom stereocenters. The van der Waals surface area contributed by atoms with Gasteiger partial charge in [0.05, 0.1) is 11.3 Å². The highest BCUT2D eigenvalue weighted by molar-refractivity contribution is 6.30. The van der Waals surface area contributed by atoms with Crippen LogP contribution in [0, 0.1) is 6.92 Å². The number of aryl methyl sites for hydroxylation is 1. The minimum absolute atomic E-state index is 0.134. The van der Waals surface area contributed by atoms with Crippen LogP contribution in [0.2, 0.25) is 5.02 Å². The number of benzene rings is 2. The highest BCUT2D eigenvalue weighted by Gasteiger charge is 2.13. The number of carbonyl (C=O) groups is 1. The number of aromatic hydroxyl groups is 1. The van der Waals surface area contributed by atoms with Gasteiger partial charge in [-0.1, -0.05) is 17.7 Å². The van der Waals surface area contributed by atoms with Crippen molar-refractivity contribution in [3.63, 3.8) is 0 Å². The lowest BCUT2D eigenvalue weighted by Crippen LogP contribution is -2.13. The number of phenols is 1. The fraction of sp³-hybridized carbons (Fsp3) is 0.0714. The van der Waals surface area contributed by atoms with E-state index in [0.29, 0.717) is 10.7 Å². The normalized spacial score (nSPS) is 10.2. The van der Waals surface area contributed by atoms with Gasteiger partial charge in [0.2, 0.25) is 0 Å². The Labute approximate surface area is 115 Å². The smallest absolute Gasteiger partial charge is 0.259 e. The molecule has 0 fully saturated rings. The number of rotatable bonds is 2. The summed E-state index contributed by atoms with van der Waals surface area (Å²) >= 11 is 5.85. The molecule has 19 heavy (non-hydrogen) atoms. The van der Waals surface area contributed by atoms with Crippen LogP contribution in [0.25, 0.3) is 0 Å². The number of anilines is 2. The fourth-order valence-corrected chi connectivity index (χ4v) is 1.93. The Morgan fingerprint density at radius 2 is 2.05 bits per heavy atom. The van der Waals surface area contributed by atoms with Crippen LogP contribution in [0.15, 0.2) is 36.4 Å². The molecular weight excluding hydrogens is 264 g/mol. The molecule has 2 aromatic carbocycles. The number of para-hydroxylation sites is 1. The second-order valence-electron chi connectivity index (χ2n) is 4.16. The Bertz CT molecular complexity index is 641. The van der Waals surface area contributed by atoms with Crippen molar-refractivity contribution in [2.24, 2.45) is 0 Å². The first-order valence-corrected chi connectivity index (χ1v) is 6.02. The van der Waals surface area contributed by atoms with Crippen LogP contribution in [0.1, 0.15) is 15.9 Å². The maximum atomic E-state index is 12.1. The monoisotopic (exact) mass is 276 g/mol. The number of carbonyl (C=O) groups excluding carboxylic acids is 1. The first-order valence-electron chi connectivity index (χ1n) is 5.64. The zero-order chi connectivity index (χ0) is 14.0. The summed E-state index contributed by atoms with van der Waals surface area (Å²) in [6, 6.07) is 9.78. The molecule has 2 rings (SSSR count). The van der Waals surface area contributed by atoms with Crippen LogP contribution >= 0.6 is 11.6 Å². The van der Waals surface area contributed by atoms with E-state index in [4.69, 9.17) is 17.3 Å². The molecule has 0 aliphatic heterocycles. The molecule has 0 saturated carbocycles. The Balaban J connectivity index is 2.28. The third kappa shape index (κ3) is 2.80. The van der Waals surface area contributed by atoms with Crippen molar-refractivity contribution in [3.05, 3.63) is 52.5 Å². The summed E-state index contributed by atoms with van der Waals surface area (Å²) in [6.45, 7) is 1.83. The average Bonchev–Trinajstić information content (AvgIpc) is 2.36. The average molecular weight is 277 g/mol. The van der Waals surface area contributed by atoms with Crippen LogP contribution in [0.5, 0.6) is 5.75 Å². The minimum atomic E-state index is -0.421. The van der Waals surface area contributed by atoms with Gasteiger partial charge in [0.25, 0.3) is 5.91 Å². The molecule has 0 saturated heterocycles. The van der Waals surface area contributed by atoms with E-state index in [9.17, 15) is 9.90 Å². The Kier molecular flexibility index (Phi) is 3.62. The van der Waals surface area contributed by atoms with Crippen LogP contribution in [0.4, 0.5) is 11.4 Å². The molecule has 4 N–H and O–H groups in total. The summed E-state index contributed by atoms with van der Waals surface area (Å²) in [7, 11) is 0. The molecule has 1 amide bonds. The second kappa shape index (κ2) is 5.20. The zero-order valence-electron chi connectivity index (χ0n) is 10.3. The maximum absolute atomic E-state index is 12.1. The molecule has 98 valence electrons. The summed E-state index contributed by atoms with van der Waals surface area (Å²) in [6.07, 6.45) is 0. The molecule has 5 heteroatoms. The third-order valence-corrected chi connectivity index (χ3v) is 2.98. The molecule has 0 bridgehead atoms. The Hall–Kier alpha value is -2.20. The minimum Gasteiger partial charge on any atom is -0.505 e. The zero-order valence-corrected chi connectivity index (χ0v) is 11.0. The van der Waals surface area contributed by atoms with Crippen molar-refractivity contribution in [1.29, 1.82) is 0 Å². The van der Waals surface area contributed by atoms with Crippen molar-refractivity contribution in [2.45, 2.75) is 6.92 Å². The number of nitrogens with one attached hydrogen (secondary N) is 1. The van der Waals surface area contributed by atoms with Gasteiger partial charge in [0.15, 0.2) is 5.75 Å². The molecule has 0 radical (unpaired) electrons. The number of hydrogen-bond donors (Lipinski definition) is 3. The van der Waals surface area contributed by atoms with E-state index in [-0.39, 0.29) is 17.0 Å². The third-order valence-electron chi connectivity index (χ3n) is 2.75. The molecule has 0 atom stereocenters. The van der Waals surface area contributed by atoms with Gasteiger partial charge in [0, 0.05) is 10.7 Å². The van der Waals surface area contributed by atoms with Gasteiger partial charge in [-0.05, 0) is 42.8 Å². The largest absolute Gasteiger partial charge is 0.505 e. The van der Waals surface area contributed by atoms with Gasteiger partial charge in [-0.2, -0.15) is 0 Å². The summed E-state index contributed by atoms with van der Waals surface area (Å²) in [5, 5.41) is 13.1. The van der Waals surface area contributed by atoms with E-state index in [1.54, 1.807) is 24.3 Å². The van der Waals surface area contributed by atoms with Gasteiger partial charge in [0.1, 0.15) is 0 Å². The summed E-state index contributed by atoms with van der Waals surface area (Å²) < 4.78 is 0. The molecule has 2 aromatic rings. The number of amides is 1. The van der Waals surface area contributed by atoms with Crippen molar-refractivity contribution < 1.29 is 9.90 Å². The van der Waals surface area contributed by atoms with Crippen LogP contribution in [-0.2, 0) is 0 Å². The van der Waals surface area contributed by atoms with Gasteiger partial charge < -0.3 is 16.2 Å². The number of nitrogens with two attached hydrogens (primary N) is 1. The van der Waals surface area contributed by atoms with E-state index in [2.05, 4.69) is 5.32 Å². The van der Waals surface area contributed by atoms with Crippen LogP contribution in [-0.4, -0.2) is 11.0 Å². The first-order chi connectivity index (χ1) is 8.99. The molecule has 0 spiro atoms. The molecule has 4 nitrogen and oxygen atoms in total. The second-order valence-corrected chi connectivity index (χ2v) is 4.59. The quantitative estimate of drug-likeness (QED) is 0.582. The number of halogens is 1. The standard InChI is InChI=1S/C14H13ClN2O2/c1-8-7-9(15)5-6-12(8)17-14(19)10-3-2-4-11(16)13(10)18/h2-7,18H,16H2,1H3,(H,17,19). The highest BCUT2D eigenvalue weighted by atomic mass is 35.5. The number of phenolic OH excluding ortho intramolecular Hbond substituents is 1. The van der Waals surface area contributed by atoms with Gasteiger partial charge in [-0.15, -0.1) is 0 Å². The Morgan fingerprint density at radius 1 is 1.32 bits per heavy atom. The van der Waals surface area contributed by atoms with E-state index >= 15 is 0 Å². The molecule has 0 aliphatic carbocycles. The highest BCUT2D eigenvalue weighted by Crippen LogP contribution is 2.26. The van der Waals surface area contributed by atoms with Crippen molar-refractivity contribution >= 4 is 28.9 Å². The number of hydrogen-bond acceptors (Lipinski definition) is 3. The summed E-state index contributed by atoms with van der Waals surface area (Å²) in [5.74, 6) is -0.637. The van der Waals surface area contributed by atoms with Crippen molar-refractivity contribution in [2.75, 3.05) is 11.1 Å². The van der Waals surface area contributed by atoms with E-state index < -0.39 is 5.91 Å². The SMILES string of the molecule is Cc1cc(Cl)ccc1NC(=O)c1cccc(N)c1O. The van der Waals surface area contributed by atoms with E-state index in [1.165, 1.54) is 12.1 Å².